The number of unbranched alkanes of at least 4 members (excludes halogenated alkanes) is 2. The molecule has 0 saturated carbocycles. The van der Waals surface area contributed by atoms with E-state index in [9.17, 15) is 9.59 Å². The van der Waals surface area contributed by atoms with Crippen molar-refractivity contribution in [3.63, 3.8) is 0 Å². The molecule has 4 nitrogen and oxygen atoms in total. The zero-order chi connectivity index (χ0) is 16.5. The second-order valence-electron chi connectivity index (χ2n) is 5.70. The smallest absolute Gasteiger partial charge is 0.318 e. The highest BCUT2D eigenvalue weighted by molar-refractivity contribution is 5.93. The first-order chi connectivity index (χ1) is 10.5. The van der Waals surface area contributed by atoms with Crippen LogP contribution in [0.25, 0.3) is 0 Å². The summed E-state index contributed by atoms with van der Waals surface area (Å²) in [6.45, 7) is 4.26. The highest BCUT2D eigenvalue weighted by Gasteiger charge is 2.27. The molecule has 1 aromatic carbocycles. The van der Waals surface area contributed by atoms with Crippen LogP contribution in [-0.2, 0) is 28.9 Å². The molecular formula is C18H26O4. The first-order valence-corrected chi connectivity index (χ1v) is 8.06. The lowest BCUT2D eigenvalue weighted by Crippen LogP contribution is -2.26. The van der Waals surface area contributed by atoms with Gasteiger partial charge in [-0.25, -0.2) is 0 Å². The van der Waals surface area contributed by atoms with Crippen molar-refractivity contribution in [2.24, 2.45) is 5.92 Å². The lowest BCUT2D eigenvalue weighted by molar-refractivity contribution is -0.154. The summed E-state index contributed by atoms with van der Waals surface area (Å²) in [7, 11) is 0. The molecule has 0 amide bonds. The number of carboxylic acid groups (broad SMARTS) is 2. The lowest BCUT2D eigenvalue weighted by Gasteiger charge is -2.16. The number of aliphatic carboxylic acids is 2. The summed E-state index contributed by atoms with van der Waals surface area (Å²) in [4.78, 5) is 22.3. The Balaban J connectivity index is 3.09. The second-order valence-corrected chi connectivity index (χ2v) is 5.70. The molecule has 1 aromatic rings. The standard InChI is InChI=1S/C18H26O4/c1-3-5-8-13-9-7-10-14(15(13)11-6-4-2)12-16(17(19)20)18(21)22/h7,9-10,16H,3-6,8,11-12H2,1-2H3,(H,19,20)(H,21,22). The van der Waals surface area contributed by atoms with Crippen LogP contribution in [0.15, 0.2) is 18.2 Å². The Hall–Kier alpha value is -1.84. The van der Waals surface area contributed by atoms with Crippen LogP contribution in [0.1, 0.15) is 56.2 Å². The molecule has 0 bridgehead atoms. The van der Waals surface area contributed by atoms with E-state index in [0.717, 1.165) is 49.7 Å². The van der Waals surface area contributed by atoms with Gasteiger partial charge in [0.1, 0.15) is 0 Å². The minimum Gasteiger partial charge on any atom is -0.481 e. The maximum atomic E-state index is 11.1. The van der Waals surface area contributed by atoms with Crippen molar-refractivity contribution < 1.29 is 19.8 Å². The average Bonchev–Trinajstić information content (AvgIpc) is 2.48. The summed E-state index contributed by atoms with van der Waals surface area (Å²) in [6.07, 6.45) is 6.19. The summed E-state index contributed by atoms with van der Waals surface area (Å²) >= 11 is 0. The largest absolute Gasteiger partial charge is 0.481 e. The SMILES string of the molecule is CCCCc1cccc(CC(C(=O)O)C(=O)O)c1CCCC. The topological polar surface area (TPSA) is 74.6 Å². The Kier molecular flexibility index (Phi) is 7.64. The summed E-state index contributed by atoms with van der Waals surface area (Å²) in [5, 5.41) is 18.2. The fourth-order valence-corrected chi connectivity index (χ4v) is 2.66. The van der Waals surface area contributed by atoms with E-state index < -0.39 is 17.9 Å². The zero-order valence-electron chi connectivity index (χ0n) is 13.5. The molecule has 0 aliphatic carbocycles. The molecule has 4 heteroatoms. The molecule has 0 heterocycles. The van der Waals surface area contributed by atoms with Gasteiger partial charge in [0.2, 0.25) is 0 Å². The predicted octanol–water partition coefficient (Wildman–Crippen LogP) is 3.70. The van der Waals surface area contributed by atoms with E-state index in [4.69, 9.17) is 10.2 Å². The molecule has 0 fully saturated rings. The summed E-state index contributed by atoms with van der Waals surface area (Å²) in [6, 6.07) is 5.87. The van der Waals surface area contributed by atoms with Gasteiger partial charge in [0.05, 0.1) is 0 Å². The van der Waals surface area contributed by atoms with Gasteiger partial charge in [-0.05, 0) is 48.8 Å². The van der Waals surface area contributed by atoms with Crippen molar-refractivity contribution in [1.29, 1.82) is 0 Å². The normalized spacial score (nSPS) is 10.9. The molecule has 0 aliphatic heterocycles. The fourth-order valence-electron chi connectivity index (χ4n) is 2.66. The second kappa shape index (κ2) is 9.23. The summed E-state index contributed by atoms with van der Waals surface area (Å²) in [5.74, 6) is -3.91. The molecule has 0 aromatic heterocycles. The third-order valence-electron chi connectivity index (χ3n) is 3.97. The molecule has 22 heavy (non-hydrogen) atoms. The summed E-state index contributed by atoms with van der Waals surface area (Å²) < 4.78 is 0. The Morgan fingerprint density at radius 3 is 2.05 bits per heavy atom. The quantitative estimate of drug-likeness (QED) is 0.646. The van der Waals surface area contributed by atoms with Crippen LogP contribution in [0, 0.1) is 5.92 Å². The molecule has 122 valence electrons. The van der Waals surface area contributed by atoms with E-state index in [0.29, 0.717) is 0 Å². The van der Waals surface area contributed by atoms with Crippen LogP contribution >= 0.6 is 0 Å². The van der Waals surface area contributed by atoms with E-state index in [-0.39, 0.29) is 6.42 Å². The monoisotopic (exact) mass is 306 g/mol. The molecule has 0 saturated heterocycles. The van der Waals surface area contributed by atoms with Crippen molar-refractivity contribution >= 4 is 11.9 Å². The van der Waals surface area contributed by atoms with Crippen LogP contribution in [0.4, 0.5) is 0 Å². The van der Waals surface area contributed by atoms with Crippen molar-refractivity contribution in [3.05, 3.63) is 34.9 Å². The van der Waals surface area contributed by atoms with E-state index in [1.165, 1.54) is 5.56 Å². The minimum absolute atomic E-state index is 0.0592. The van der Waals surface area contributed by atoms with Gasteiger partial charge in [0.15, 0.2) is 5.92 Å². The molecule has 0 aliphatic rings. The predicted molar refractivity (Wildman–Crippen MR) is 86.1 cm³/mol. The van der Waals surface area contributed by atoms with Crippen LogP contribution in [0.3, 0.4) is 0 Å². The van der Waals surface area contributed by atoms with E-state index >= 15 is 0 Å². The first kappa shape index (κ1) is 18.2. The maximum absolute atomic E-state index is 11.1. The number of carboxylic acids is 2. The van der Waals surface area contributed by atoms with Crippen LogP contribution in [-0.4, -0.2) is 22.2 Å². The van der Waals surface area contributed by atoms with Crippen molar-refractivity contribution in [2.75, 3.05) is 0 Å². The molecule has 0 atom stereocenters. The van der Waals surface area contributed by atoms with Crippen LogP contribution in [0.2, 0.25) is 0 Å². The maximum Gasteiger partial charge on any atom is 0.318 e. The zero-order valence-corrected chi connectivity index (χ0v) is 13.5. The number of rotatable bonds is 10. The summed E-state index contributed by atoms with van der Waals surface area (Å²) in [5.41, 5.74) is 3.27. The van der Waals surface area contributed by atoms with E-state index in [2.05, 4.69) is 19.9 Å². The number of carbonyl (C=O) groups is 2. The number of hydrogen-bond acceptors (Lipinski definition) is 2. The van der Waals surface area contributed by atoms with Crippen molar-refractivity contribution in [2.45, 2.75) is 58.8 Å². The van der Waals surface area contributed by atoms with Crippen molar-refractivity contribution in [1.82, 2.24) is 0 Å². The van der Waals surface area contributed by atoms with Crippen LogP contribution in [0.5, 0.6) is 0 Å². The fraction of sp³-hybridized carbons (Fsp3) is 0.556. The highest BCUT2D eigenvalue weighted by Crippen LogP contribution is 2.23. The Labute approximate surface area is 132 Å². The molecule has 1 rings (SSSR count). The molecule has 0 radical (unpaired) electrons. The third kappa shape index (κ3) is 5.17. The van der Waals surface area contributed by atoms with Crippen molar-refractivity contribution in [3.8, 4) is 0 Å². The van der Waals surface area contributed by atoms with Gasteiger partial charge in [0, 0.05) is 0 Å². The molecule has 2 N–H and O–H groups in total. The van der Waals surface area contributed by atoms with Gasteiger partial charge in [-0.15, -0.1) is 0 Å². The van der Waals surface area contributed by atoms with Gasteiger partial charge >= 0.3 is 11.9 Å². The first-order valence-electron chi connectivity index (χ1n) is 8.06. The van der Waals surface area contributed by atoms with Gasteiger partial charge in [-0.1, -0.05) is 44.9 Å². The number of benzene rings is 1. The Bertz CT molecular complexity index is 494. The minimum atomic E-state index is -1.37. The highest BCUT2D eigenvalue weighted by atomic mass is 16.4. The van der Waals surface area contributed by atoms with E-state index in [1.54, 1.807) is 0 Å². The van der Waals surface area contributed by atoms with Gasteiger partial charge < -0.3 is 10.2 Å². The molecular weight excluding hydrogens is 280 g/mol. The lowest BCUT2D eigenvalue weighted by atomic mass is 9.88. The Morgan fingerprint density at radius 1 is 0.955 bits per heavy atom. The van der Waals surface area contributed by atoms with Gasteiger partial charge in [-0.3, -0.25) is 9.59 Å². The van der Waals surface area contributed by atoms with Gasteiger partial charge in [-0.2, -0.15) is 0 Å². The molecule has 0 unspecified atom stereocenters. The molecule has 0 spiro atoms. The number of hydrogen-bond donors (Lipinski definition) is 2. The third-order valence-corrected chi connectivity index (χ3v) is 3.97. The van der Waals surface area contributed by atoms with Gasteiger partial charge in [0.25, 0.3) is 0 Å². The average molecular weight is 306 g/mol. The Morgan fingerprint density at radius 2 is 1.50 bits per heavy atom. The van der Waals surface area contributed by atoms with Crippen LogP contribution < -0.4 is 0 Å². The van der Waals surface area contributed by atoms with E-state index in [1.807, 2.05) is 12.1 Å². The number of aryl methyl sites for hydroxylation is 1.